The number of fused-ring (bicyclic) bond motifs is 1. The van der Waals surface area contributed by atoms with E-state index in [2.05, 4.69) is 15.0 Å². The summed E-state index contributed by atoms with van der Waals surface area (Å²) in [5, 5.41) is 3.33. The largest absolute Gasteiger partial charge is 0.492 e. The van der Waals surface area contributed by atoms with Crippen molar-refractivity contribution in [3.05, 3.63) is 46.9 Å². The van der Waals surface area contributed by atoms with Crippen LogP contribution in [0.2, 0.25) is 0 Å². The summed E-state index contributed by atoms with van der Waals surface area (Å²) >= 11 is 0. The van der Waals surface area contributed by atoms with E-state index >= 15 is 0 Å². The first-order chi connectivity index (χ1) is 12.7. The van der Waals surface area contributed by atoms with Crippen molar-refractivity contribution in [1.82, 2.24) is 19.7 Å². The van der Waals surface area contributed by atoms with Crippen LogP contribution in [0.1, 0.15) is 19.3 Å². The second kappa shape index (κ2) is 7.33. The Bertz CT molecular complexity index is 954. The fourth-order valence-electron chi connectivity index (χ4n) is 3.56. The van der Waals surface area contributed by atoms with Crippen molar-refractivity contribution in [2.75, 3.05) is 26.2 Å². The van der Waals surface area contributed by atoms with Crippen molar-refractivity contribution >= 4 is 11.0 Å². The van der Waals surface area contributed by atoms with E-state index in [0.29, 0.717) is 17.6 Å². The van der Waals surface area contributed by atoms with Crippen molar-refractivity contribution in [2.45, 2.75) is 19.3 Å². The van der Waals surface area contributed by atoms with E-state index in [1.165, 1.54) is 32.4 Å². The normalized spacial score (nSPS) is 15.4. The highest BCUT2D eigenvalue weighted by atomic mass is 16.5. The number of ether oxygens (including phenoxy) is 1. The molecule has 1 fully saturated rings. The van der Waals surface area contributed by atoms with Gasteiger partial charge in [-0.1, -0.05) is 18.6 Å². The predicted molar refractivity (Wildman–Crippen MR) is 103 cm³/mol. The number of H-pyrrole nitrogens is 1. The van der Waals surface area contributed by atoms with Crippen LogP contribution in [0.3, 0.4) is 0 Å². The van der Waals surface area contributed by atoms with Gasteiger partial charge in [-0.3, -0.25) is 19.5 Å². The molecule has 3 aromatic rings. The van der Waals surface area contributed by atoms with Gasteiger partial charge in [0.05, 0.1) is 5.39 Å². The van der Waals surface area contributed by atoms with Gasteiger partial charge in [-0.15, -0.1) is 0 Å². The molecule has 0 atom stereocenters. The Kier molecular flexibility index (Phi) is 4.75. The van der Waals surface area contributed by atoms with Crippen LogP contribution in [0.5, 0.6) is 5.75 Å². The first-order valence-electron chi connectivity index (χ1n) is 9.21. The number of benzene rings is 1. The second-order valence-corrected chi connectivity index (χ2v) is 6.87. The van der Waals surface area contributed by atoms with E-state index in [0.717, 1.165) is 23.4 Å². The third-order valence-electron chi connectivity index (χ3n) is 4.99. The Balaban J connectivity index is 1.48. The number of likely N-dealkylation sites (tertiary alicyclic amines) is 1. The van der Waals surface area contributed by atoms with Crippen molar-refractivity contribution in [1.29, 1.82) is 0 Å². The molecule has 0 saturated carbocycles. The summed E-state index contributed by atoms with van der Waals surface area (Å²) in [6.45, 7) is 4.03. The smallest absolute Gasteiger partial charge is 0.273 e. The van der Waals surface area contributed by atoms with Crippen LogP contribution < -0.4 is 10.3 Å². The average molecular weight is 352 g/mol. The maximum atomic E-state index is 12.0. The van der Waals surface area contributed by atoms with Crippen LogP contribution in [-0.2, 0) is 7.05 Å². The van der Waals surface area contributed by atoms with E-state index in [1.807, 2.05) is 30.3 Å². The lowest BCUT2D eigenvalue weighted by atomic mass is 10.1. The van der Waals surface area contributed by atoms with Gasteiger partial charge in [0.15, 0.2) is 5.65 Å². The number of aromatic nitrogens is 3. The highest BCUT2D eigenvalue weighted by Crippen LogP contribution is 2.25. The van der Waals surface area contributed by atoms with Gasteiger partial charge in [0.2, 0.25) is 0 Å². The molecule has 4 rings (SSSR count). The zero-order valence-electron chi connectivity index (χ0n) is 15.1. The Hall–Kier alpha value is -2.60. The third kappa shape index (κ3) is 3.51. The fourth-order valence-corrected chi connectivity index (χ4v) is 3.56. The van der Waals surface area contributed by atoms with E-state index < -0.39 is 0 Å². The van der Waals surface area contributed by atoms with Crippen LogP contribution in [0, 0.1) is 0 Å². The van der Waals surface area contributed by atoms with Crippen LogP contribution >= 0.6 is 0 Å². The molecule has 0 aliphatic carbocycles. The van der Waals surface area contributed by atoms with Gasteiger partial charge >= 0.3 is 0 Å². The van der Waals surface area contributed by atoms with E-state index in [4.69, 9.17) is 4.74 Å². The standard InChI is InChI=1S/C20H24N4O2/c1-23-19-18(20(25)22-23)13-16(14-21-19)15-6-5-7-17(12-15)26-11-10-24-8-3-2-4-9-24/h5-7,12-14H,2-4,8-11H2,1H3,(H,22,25). The van der Waals surface area contributed by atoms with Crippen LogP contribution in [-0.4, -0.2) is 45.9 Å². The van der Waals surface area contributed by atoms with Gasteiger partial charge in [-0.05, 0) is 49.7 Å². The van der Waals surface area contributed by atoms with Gasteiger partial charge in [-0.2, -0.15) is 0 Å². The minimum absolute atomic E-state index is 0.120. The molecule has 0 bridgehead atoms. The Morgan fingerprint density at radius 2 is 2.00 bits per heavy atom. The summed E-state index contributed by atoms with van der Waals surface area (Å²) in [6.07, 6.45) is 5.73. The van der Waals surface area contributed by atoms with Crippen molar-refractivity contribution in [3.63, 3.8) is 0 Å². The summed E-state index contributed by atoms with van der Waals surface area (Å²) < 4.78 is 7.59. The monoisotopic (exact) mass is 352 g/mol. The first-order valence-corrected chi connectivity index (χ1v) is 9.21. The number of aromatic amines is 1. The number of nitrogens with one attached hydrogen (secondary N) is 1. The quantitative estimate of drug-likeness (QED) is 0.767. The summed E-state index contributed by atoms with van der Waals surface area (Å²) in [7, 11) is 1.78. The van der Waals surface area contributed by atoms with Gasteiger partial charge < -0.3 is 4.74 Å². The molecule has 1 aromatic carbocycles. The van der Waals surface area contributed by atoms with Gasteiger partial charge in [0.1, 0.15) is 12.4 Å². The van der Waals surface area contributed by atoms with Crippen LogP contribution in [0.4, 0.5) is 0 Å². The number of hydrogen-bond acceptors (Lipinski definition) is 4. The molecule has 26 heavy (non-hydrogen) atoms. The molecule has 6 nitrogen and oxygen atoms in total. The number of aryl methyl sites for hydroxylation is 1. The molecular weight excluding hydrogens is 328 g/mol. The van der Waals surface area contributed by atoms with E-state index in [-0.39, 0.29) is 5.56 Å². The zero-order valence-corrected chi connectivity index (χ0v) is 15.1. The highest BCUT2D eigenvalue weighted by Gasteiger charge is 2.10. The van der Waals surface area contributed by atoms with Crippen LogP contribution in [0.15, 0.2) is 41.3 Å². The lowest BCUT2D eigenvalue weighted by Gasteiger charge is -2.26. The minimum Gasteiger partial charge on any atom is -0.492 e. The molecule has 0 spiro atoms. The summed E-state index contributed by atoms with van der Waals surface area (Å²) in [5.41, 5.74) is 2.45. The molecule has 1 aliphatic rings. The Morgan fingerprint density at radius 3 is 2.85 bits per heavy atom. The lowest BCUT2D eigenvalue weighted by Crippen LogP contribution is -2.33. The average Bonchev–Trinajstić information content (AvgIpc) is 2.96. The van der Waals surface area contributed by atoms with Crippen molar-refractivity contribution in [2.24, 2.45) is 7.05 Å². The predicted octanol–water partition coefficient (Wildman–Crippen LogP) is 2.79. The molecule has 0 radical (unpaired) electrons. The molecule has 2 aromatic heterocycles. The number of pyridine rings is 1. The van der Waals surface area contributed by atoms with Gasteiger partial charge in [-0.25, -0.2) is 4.98 Å². The fraction of sp³-hybridized carbons (Fsp3) is 0.400. The molecule has 6 heteroatoms. The SMILES string of the molecule is Cn1[nH]c(=O)c2cc(-c3cccc(OCCN4CCCCC4)c3)cnc21. The number of nitrogens with zero attached hydrogens (tertiary/aromatic N) is 3. The topological polar surface area (TPSA) is 63.1 Å². The molecule has 0 unspecified atom stereocenters. The van der Waals surface area contributed by atoms with Gasteiger partial charge in [0, 0.05) is 25.4 Å². The number of piperidine rings is 1. The molecule has 3 heterocycles. The lowest BCUT2D eigenvalue weighted by molar-refractivity contribution is 0.183. The van der Waals surface area contributed by atoms with Crippen molar-refractivity contribution < 1.29 is 4.74 Å². The van der Waals surface area contributed by atoms with Crippen LogP contribution in [0.25, 0.3) is 22.2 Å². The zero-order chi connectivity index (χ0) is 17.9. The molecule has 136 valence electrons. The van der Waals surface area contributed by atoms with Crippen molar-refractivity contribution in [3.8, 4) is 16.9 Å². The maximum Gasteiger partial charge on any atom is 0.273 e. The Labute approximate surface area is 152 Å². The molecule has 1 saturated heterocycles. The molecule has 0 amide bonds. The number of hydrogen-bond donors (Lipinski definition) is 1. The number of rotatable bonds is 5. The Morgan fingerprint density at radius 1 is 1.15 bits per heavy atom. The summed E-state index contributed by atoms with van der Waals surface area (Å²) in [4.78, 5) is 18.9. The second-order valence-electron chi connectivity index (χ2n) is 6.87. The van der Waals surface area contributed by atoms with Gasteiger partial charge in [0.25, 0.3) is 5.56 Å². The highest BCUT2D eigenvalue weighted by molar-refractivity contribution is 5.80. The molecular formula is C20H24N4O2. The summed E-state index contributed by atoms with van der Waals surface area (Å²) in [5.74, 6) is 0.849. The third-order valence-corrected chi connectivity index (χ3v) is 4.99. The molecule has 1 aliphatic heterocycles. The summed E-state index contributed by atoms with van der Waals surface area (Å²) in [6, 6.07) is 9.85. The van der Waals surface area contributed by atoms with E-state index in [1.54, 1.807) is 17.9 Å². The first kappa shape index (κ1) is 16.8. The molecule has 1 N–H and O–H groups in total. The maximum absolute atomic E-state index is 12.0. The minimum atomic E-state index is -0.120. The van der Waals surface area contributed by atoms with E-state index in [9.17, 15) is 4.79 Å².